The summed E-state index contributed by atoms with van der Waals surface area (Å²) in [6, 6.07) is 14.5. The van der Waals surface area contributed by atoms with E-state index in [1.54, 1.807) is 18.2 Å². The van der Waals surface area contributed by atoms with Gasteiger partial charge in [0.05, 0.1) is 0 Å². The third kappa shape index (κ3) is 4.56. The lowest BCUT2D eigenvalue weighted by molar-refractivity contribution is -0.136. The van der Waals surface area contributed by atoms with E-state index in [1.807, 2.05) is 30.3 Å². The molecule has 0 radical (unpaired) electrons. The number of carbonyl (C=O) groups is 2. The largest absolute Gasteiger partial charge is 0.481 e. The number of hydrogen-bond donors (Lipinski definition) is 2. The van der Waals surface area contributed by atoms with E-state index >= 15 is 0 Å². The van der Waals surface area contributed by atoms with Gasteiger partial charge in [0.1, 0.15) is 0 Å². The lowest BCUT2D eigenvalue weighted by atomic mass is 10.1. The van der Waals surface area contributed by atoms with Crippen molar-refractivity contribution in [3.63, 3.8) is 0 Å². The van der Waals surface area contributed by atoms with E-state index in [0.717, 1.165) is 9.13 Å². The predicted molar refractivity (Wildman–Crippen MR) is 89.5 cm³/mol. The minimum Gasteiger partial charge on any atom is -0.481 e. The number of para-hydroxylation sites is 1. The van der Waals surface area contributed by atoms with Crippen molar-refractivity contribution in [1.82, 2.24) is 0 Å². The standard InChI is InChI=1S/C16H14INO3/c17-13-8-5-12(6-9-13)16(21)18-14-4-2-1-3-11(14)7-10-15(19)20/h1-6,8-9H,7,10H2,(H,18,21)(H,19,20). The molecule has 0 saturated heterocycles. The molecule has 0 unspecified atom stereocenters. The van der Waals surface area contributed by atoms with Gasteiger partial charge in [-0.2, -0.15) is 0 Å². The lowest BCUT2D eigenvalue weighted by Gasteiger charge is -2.10. The van der Waals surface area contributed by atoms with E-state index in [4.69, 9.17) is 5.11 Å². The normalized spacial score (nSPS) is 10.1. The van der Waals surface area contributed by atoms with Crippen molar-refractivity contribution < 1.29 is 14.7 Å². The number of amides is 1. The molecule has 0 aliphatic carbocycles. The Kier molecular flexibility index (Phi) is 5.32. The van der Waals surface area contributed by atoms with Crippen molar-refractivity contribution >= 4 is 40.2 Å². The molecule has 2 N–H and O–H groups in total. The zero-order valence-electron chi connectivity index (χ0n) is 11.2. The van der Waals surface area contributed by atoms with Crippen LogP contribution in [0.5, 0.6) is 0 Å². The molecule has 0 atom stereocenters. The van der Waals surface area contributed by atoms with Gasteiger partial charge in [0.2, 0.25) is 0 Å². The molecule has 0 heterocycles. The van der Waals surface area contributed by atoms with Gasteiger partial charge in [-0.25, -0.2) is 0 Å². The molecule has 0 spiro atoms. The van der Waals surface area contributed by atoms with E-state index in [1.165, 1.54) is 0 Å². The first-order valence-corrected chi connectivity index (χ1v) is 7.51. The molecule has 2 aromatic rings. The second-order valence-electron chi connectivity index (χ2n) is 4.51. The fourth-order valence-electron chi connectivity index (χ4n) is 1.90. The Labute approximate surface area is 136 Å². The lowest BCUT2D eigenvalue weighted by Crippen LogP contribution is -2.13. The van der Waals surface area contributed by atoms with Crippen LogP contribution < -0.4 is 5.32 Å². The molecule has 0 aromatic heterocycles. The van der Waals surface area contributed by atoms with Crippen LogP contribution in [0.3, 0.4) is 0 Å². The molecule has 4 nitrogen and oxygen atoms in total. The first-order valence-electron chi connectivity index (χ1n) is 6.43. The first-order chi connectivity index (χ1) is 10.1. The predicted octanol–water partition coefficient (Wildman–Crippen LogP) is 3.56. The van der Waals surface area contributed by atoms with Crippen molar-refractivity contribution in [2.75, 3.05) is 5.32 Å². The Morgan fingerprint density at radius 2 is 1.71 bits per heavy atom. The Hall–Kier alpha value is -1.89. The van der Waals surface area contributed by atoms with Gasteiger partial charge in [-0.3, -0.25) is 9.59 Å². The Bertz CT molecular complexity index is 653. The highest BCUT2D eigenvalue weighted by Gasteiger charge is 2.09. The highest BCUT2D eigenvalue weighted by Crippen LogP contribution is 2.18. The SMILES string of the molecule is O=C(O)CCc1ccccc1NC(=O)c1ccc(I)cc1. The quantitative estimate of drug-likeness (QED) is 0.761. The molecule has 5 heteroatoms. The maximum atomic E-state index is 12.2. The number of nitrogens with one attached hydrogen (secondary N) is 1. The number of aryl methyl sites for hydroxylation is 1. The first kappa shape index (κ1) is 15.5. The van der Waals surface area contributed by atoms with Gasteiger partial charge in [-0.1, -0.05) is 18.2 Å². The van der Waals surface area contributed by atoms with Crippen LogP contribution in [0, 0.1) is 3.57 Å². The number of carboxylic acids is 1. The van der Waals surface area contributed by atoms with E-state index < -0.39 is 5.97 Å². The second kappa shape index (κ2) is 7.21. The molecule has 0 aliphatic rings. The molecule has 0 saturated carbocycles. The number of halogens is 1. The summed E-state index contributed by atoms with van der Waals surface area (Å²) in [6.07, 6.45) is 0.425. The minimum atomic E-state index is -0.853. The zero-order chi connectivity index (χ0) is 15.2. The number of carboxylic acid groups (broad SMARTS) is 1. The third-order valence-corrected chi connectivity index (χ3v) is 3.70. The van der Waals surface area contributed by atoms with Gasteiger partial charge in [0.25, 0.3) is 5.91 Å². The summed E-state index contributed by atoms with van der Waals surface area (Å²) in [4.78, 5) is 22.9. The number of carbonyl (C=O) groups excluding carboxylic acids is 1. The van der Waals surface area contributed by atoms with Crippen LogP contribution in [0.1, 0.15) is 22.3 Å². The highest BCUT2D eigenvalue weighted by molar-refractivity contribution is 14.1. The monoisotopic (exact) mass is 395 g/mol. The van der Waals surface area contributed by atoms with Crippen LogP contribution in [0.4, 0.5) is 5.69 Å². The number of benzene rings is 2. The molecule has 1 amide bonds. The molecular formula is C16H14INO3. The van der Waals surface area contributed by atoms with Gasteiger partial charge in [0, 0.05) is 21.2 Å². The molecule has 2 rings (SSSR count). The molecular weight excluding hydrogens is 381 g/mol. The summed E-state index contributed by atoms with van der Waals surface area (Å²) in [5.41, 5.74) is 2.05. The van der Waals surface area contributed by atoms with E-state index in [9.17, 15) is 9.59 Å². The fraction of sp³-hybridized carbons (Fsp3) is 0.125. The van der Waals surface area contributed by atoms with Crippen LogP contribution in [0.15, 0.2) is 48.5 Å². The van der Waals surface area contributed by atoms with Crippen LogP contribution in [0.2, 0.25) is 0 Å². The van der Waals surface area contributed by atoms with Crippen molar-refractivity contribution in [2.45, 2.75) is 12.8 Å². The van der Waals surface area contributed by atoms with E-state index in [0.29, 0.717) is 17.7 Å². The summed E-state index contributed by atoms with van der Waals surface area (Å²) in [5.74, 6) is -1.05. The smallest absolute Gasteiger partial charge is 0.303 e. The van der Waals surface area contributed by atoms with Crippen molar-refractivity contribution in [3.8, 4) is 0 Å². The minimum absolute atomic E-state index is 0.0381. The fourth-order valence-corrected chi connectivity index (χ4v) is 2.26. The van der Waals surface area contributed by atoms with Crippen LogP contribution >= 0.6 is 22.6 Å². The number of aliphatic carboxylic acids is 1. The number of anilines is 1. The van der Waals surface area contributed by atoms with Crippen LogP contribution in [-0.2, 0) is 11.2 Å². The van der Waals surface area contributed by atoms with Gasteiger partial charge in [0.15, 0.2) is 0 Å². The Morgan fingerprint density at radius 1 is 1.05 bits per heavy atom. The summed E-state index contributed by atoms with van der Waals surface area (Å²) >= 11 is 2.18. The Balaban J connectivity index is 2.13. The third-order valence-electron chi connectivity index (χ3n) is 2.98. The van der Waals surface area contributed by atoms with Crippen molar-refractivity contribution in [3.05, 3.63) is 63.2 Å². The summed E-state index contributed by atoms with van der Waals surface area (Å²) in [7, 11) is 0. The average Bonchev–Trinajstić information content (AvgIpc) is 2.47. The van der Waals surface area contributed by atoms with E-state index in [2.05, 4.69) is 27.9 Å². The number of hydrogen-bond acceptors (Lipinski definition) is 2. The maximum Gasteiger partial charge on any atom is 0.303 e. The van der Waals surface area contributed by atoms with Crippen LogP contribution in [0.25, 0.3) is 0 Å². The van der Waals surface area contributed by atoms with Gasteiger partial charge in [-0.05, 0) is 64.9 Å². The molecule has 0 bridgehead atoms. The molecule has 0 aliphatic heterocycles. The average molecular weight is 395 g/mol. The number of rotatable bonds is 5. The maximum absolute atomic E-state index is 12.2. The zero-order valence-corrected chi connectivity index (χ0v) is 13.3. The van der Waals surface area contributed by atoms with Gasteiger partial charge >= 0.3 is 5.97 Å². The molecule has 2 aromatic carbocycles. The molecule has 21 heavy (non-hydrogen) atoms. The molecule has 0 fully saturated rings. The summed E-state index contributed by atoms with van der Waals surface area (Å²) < 4.78 is 1.06. The summed E-state index contributed by atoms with van der Waals surface area (Å²) in [6.45, 7) is 0. The second-order valence-corrected chi connectivity index (χ2v) is 5.76. The summed E-state index contributed by atoms with van der Waals surface area (Å²) in [5, 5.41) is 11.6. The van der Waals surface area contributed by atoms with Crippen LogP contribution in [-0.4, -0.2) is 17.0 Å². The van der Waals surface area contributed by atoms with E-state index in [-0.39, 0.29) is 12.3 Å². The van der Waals surface area contributed by atoms with Gasteiger partial charge in [-0.15, -0.1) is 0 Å². The van der Waals surface area contributed by atoms with Crippen molar-refractivity contribution in [2.24, 2.45) is 0 Å². The topological polar surface area (TPSA) is 66.4 Å². The Morgan fingerprint density at radius 3 is 2.38 bits per heavy atom. The van der Waals surface area contributed by atoms with Crippen molar-refractivity contribution in [1.29, 1.82) is 0 Å². The highest BCUT2D eigenvalue weighted by atomic mass is 127. The molecule has 108 valence electrons. The van der Waals surface area contributed by atoms with Gasteiger partial charge < -0.3 is 10.4 Å².